The van der Waals surface area contributed by atoms with Crippen LogP contribution in [-0.2, 0) is 4.74 Å². The Hall–Kier alpha value is -0.940. The van der Waals surface area contributed by atoms with Crippen LogP contribution in [0, 0.1) is 5.82 Å². The van der Waals surface area contributed by atoms with Crippen LogP contribution < -0.4 is 0 Å². The third-order valence-corrected chi connectivity index (χ3v) is 4.26. The zero-order valence-corrected chi connectivity index (χ0v) is 12.6. The Kier molecular flexibility index (Phi) is 4.58. The number of hydrogen-bond donors (Lipinski definition) is 0. The van der Waals surface area contributed by atoms with Gasteiger partial charge in [-0.15, -0.1) is 0 Å². The first-order valence-corrected chi connectivity index (χ1v) is 7.11. The van der Waals surface area contributed by atoms with Crippen LogP contribution in [0.5, 0.6) is 0 Å². The molecule has 5 heteroatoms. The zero-order valence-electron chi connectivity index (χ0n) is 11.0. The number of nitrogens with zero attached hydrogens (tertiary/aromatic N) is 1. The van der Waals surface area contributed by atoms with E-state index in [2.05, 4.69) is 15.9 Å². The SMILES string of the molecule is COC1CCN(C(=O)c2c(F)cccc2Br)C(C)C1. The minimum atomic E-state index is -0.486. The second-order valence-electron chi connectivity index (χ2n) is 4.83. The average Bonchev–Trinajstić information content (AvgIpc) is 2.38. The highest BCUT2D eigenvalue weighted by Crippen LogP contribution is 2.26. The number of ether oxygens (including phenoxy) is 1. The molecular weight excluding hydrogens is 313 g/mol. The lowest BCUT2D eigenvalue weighted by Crippen LogP contribution is -2.46. The Morgan fingerprint density at radius 2 is 2.26 bits per heavy atom. The third kappa shape index (κ3) is 2.98. The Morgan fingerprint density at radius 1 is 1.53 bits per heavy atom. The van der Waals surface area contributed by atoms with Crippen molar-refractivity contribution in [2.75, 3.05) is 13.7 Å². The van der Waals surface area contributed by atoms with Crippen molar-refractivity contribution < 1.29 is 13.9 Å². The number of halogens is 2. The zero-order chi connectivity index (χ0) is 14.0. The highest BCUT2D eigenvalue weighted by atomic mass is 79.9. The minimum Gasteiger partial charge on any atom is -0.381 e. The van der Waals surface area contributed by atoms with E-state index in [-0.39, 0.29) is 23.6 Å². The van der Waals surface area contributed by atoms with Gasteiger partial charge in [0.2, 0.25) is 0 Å². The van der Waals surface area contributed by atoms with Gasteiger partial charge in [-0.2, -0.15) is 0 Å². The number of methoxy groups -OCH3 is 1. The molecule has 2 atom stereocenters. The topological polar surface area (TPSA) is 29.5 Å². The van der Waals surface area contributed by atoms with Gasteiger partial charge in [0, 0.05) is 24.2 Å². The summed E-state index contributed by atoms with van der Waals surface area (Å²) < 4.78 is 19.6. The number of likely N-dealkylation sites (tertiary alicyclic amines) is 1. The van der Waals surface area contributed by atoms with Crippen molar-refractivity contribution in [2.45, 2.75) is 31.9 Å². The standard InChI is InChI=1S/C14H17BrFNO2/c1-9-8-10(19-2)6-7-17(9)14(18)13-11(15)4-3-5-12(13)16/h3-5,9-10H,6-8H2,1-2H3. The summed E-state index contributed by atoms with van der Waals surface area (Å²) in [4.78, 5) is 14.2. The maximum absolute atomic E-state index is 13.8. The summed E-state index contributed by atoms with van der Waals surface area (Å²) in [6, 6.07) is 4.63. The molecule has 0 spiro atoms. The number of benzene rings is 1. The molecular formula is C14H17BrFNO2. The predicted molar refractivity (Wildman–Crippen MR) is 74.6 cm³/mol. The van der Waals surface area contributed by atoms with Gasteiger partial charge in [0.15, 0.2) is 0 Å². The molecule has 0 bridgehead atoms. The van der Waals surface area contributed by atoms with Crippen LogP contribution in [0.2, 0.25) is 0 Å². The molecule has 3 nitrogen and oxygen atoms in total. The molecule has 0 saturated carbocycles. The van der Waals surface area contributed by atoms with E-state index in [1.807, 2.05) is 6.92 Å². The van der Waals surface area contributed by atoms with E-state index in [1.165, 1.54) is 6.07 Å². The number of amides is 1. The van der Waals surface area contributed by atoms with Crippen LogP contribution in [0.4, 0.5) is 4.39 Å². The fourth-order valence-corrected chi connectivity index (χ4v) is 3.00. The van der Waals surface area contributed by atoms with Gasteiger partial charge in [0.05, 0.1) is 11.7 Å². The van der Waals surface area contributed by atoms with Crippen LogP contribution >= 0.6 is 15.9 Å². The molecule has 1 amide bonds. The molecule has 1 aromatic carbocycles. The van der Waals surface area contributed by atoms with Crippen LogP contribution in [-0.4, -0.2) is 36.6 Å². The third-order valence-electron chi connectivity index (χ3n) is 3.60. The molecule has 104 valence electrons. The van der Waals surface area contributed by atoms with Crippen molar-refractivity contribution in [1.82, 2.24) is 4.90 Å². The first-order valence-electron chi connectivity index (χ1n) is 6.32. The Bertz CT molecular complexity index is 460. The smallest absolute Gasteiger partial charge is 0.258 e. The van der Waals surface area contributed by atoms with Crippen LogP contribution in [0.3, 0.4) is 0 Å². The predicted octanol–water partition coefficient (Wildman–Crippen LogP) is 3.23. The summed E-state index contributed by atoms with van der Waals surface area (Å²) in [7, 11) is 1.68. The van der Waals surface area contributed by atoms with Crippen molar-refractivity contribution in [3.05, 3.63) is 34.1 Å². The summed E-state index contributed by atoms with van der Waals surface area (Å²) >= 11 is 3.25. The molecule has 0 aromatic heterocycles. The Morgan fingerprint density at radius 3 is 2.84 bits per heavy atom. The molecule has 0 aliphatic carbocycles. The molecule has 1 saturated heterocycles. The number of carbonyl (C=O) groups is 1. The van der Waals surface area contributed by atoms with Crippen LogP contribution in [0.1, 0.15) is 30.1 Å². The molecule has 1 aliphatic heterocycles. The molecule has 19 heavy (non-hydrogen) atoms. The summed E-state index contributed by atoms with van der Waals surface area (Å²) in [5, 5.41) is 0. The van der Waals surface area contributed by atoms with Gasteiger partial charge in [0.1, 0.15) is 5.82 Å². The Labute approximate surface area is 120 Å². The number of piperidine rings is 1. The number of rotatable bonds is 2. The summed E-state index contributed by atoms with van der Waals surface area (Å²) in [5.41, 5.74) is 0.116. The van der Waals surface area contributed by atoms with E-state index in [4.69, 9.17) is 4.74 Å². The quantitative estimate of drug-likeness (QED) is 0.833. The van der Waals surface area contributed by atoms with Gasteiger partial charge >= 0.3 is 0 Å². The molecule has 1 aliphatic rings. The normalized spacial score (nSPS) is 23.5. The van der Waals surface area contributed by atoms with Crippen molar-refractivity contribution in [3.8, 4) is 0 Å². The first-order chi connectivity index (χ1) is 9.04. The lowest BCUT2D eigenvalue weighted by molar-refractivity contribution is 0.0157. The van der Waals surface area contributed by atoms with Gasteiger partial charge in [-0.25, -0.2) is 4.39 Å². The largest absolute Gasteiger partial charge is 0.381 e. The van der Waals surface area contributed by atoms with E-state index in [0.717, 1.165) is 12.8 Å². The van der Waals surface area contributed by atoms with Crippen LogP contribution in [0.15, 0.2) is 22.7 Å². The molecule has 2 rings (SSSR count). The fraction of sp³-hybridized carbons (Fsp3) is 0.500. The van der Waals surface area contributed by atoms with Gasteiger partial charge in [-0.05, 0) is 47.8 Å². The van der Waals surface area contributed by atoms with Crippen molar-refractivity contribution >= 4 is 21.8 Å². The lowest BCUT2D eigenvalue weighted by atomic mass is 9.99. The second-order valence-corrected chi connectivity index (χ2v) is 5.68. The van der Waals surface area contributed by atoms with E-state index in [1.54, 1.807) is 24.1 Å². The number of carbonyl (C=O) groups excluding carboxylic acids is 1. The second kappa shape index (κ2) is 6.01. The summed E-state index contributed by atoms with van der Waals surface area (Å²) in [5.74, 6) is -0.743. The highest BCUT2D eigenvalue weighted by molar-refractivity contribution is 9.10. The van der Waals surface area contributed by atoms with Crippen LogP contribution in [0.25, 0.3) is 0 Å². The Balaban J connectivity index is 2.21. The average molecular weight is 330 g/mol. The van der Waals surface area contributed by atoms with E-state index < -0.39 is 5.82 Å². The monoisotopic (exact) mass is 329 g/mol. The summed E-state index contributed by atoms with van der Waals surface area (Å²) in [6.07, 6.45) is 1.76. The van der Waals surface area contributed by atoms with Gasteiger partial charge in [-0.3, -0.25) is 4.79 Å². The number of hydrogen-bond acceptors (Lipinski definition) is 2. The van der Waals surface area contributed by atoms with Gasteiger partial charge < -0.3 is 9.64 Å². The van der Waals surface area contributed by atoms with Crippen molar-refractivity contribution in [2.24, 2.45) is 0 Å². The lowest BCUT2D eigenvalue weighted by Gasteiger charge is -2.37. The fourth-order valence-electron chi connectivity index (χ4n) is 2.49. The molecule has 1 heterocycles. The molecule has 1 aromatic rings. The molecule has 0 radical (unpaired) electrons. The first kappa shape index (κ1) is 14.5. The van der Waals surface area contributed by atoms with E-state index in [9.17, 15) is 9.18 Å². The maximum Gasteiger partial charge on any atom is 0.258 e. The van der Waals surface area contributed by atoms with Gasteiger partial charge in [-0.1, -0.05) is 6.07 Å². The van der Waals surface area contributed by atoms with E-state index in [0.29, 0.717) is 11.0 Å². The van der Waals surface area contributed by atoms with Gasteiger partial charge in [0.25, 0.3) is 5.91 Å². The summed E-state index contributed by atoms with van der Waals surface area (Å²) in [6.45, 7) is 2.57. The van der Waals surface area contributed by atoms with E-state index >= 15 is 0 Å². The highest BCUT2D eigenvalue weighted by Gasteiger charge is 2.31. The molecule has 2 unspecified atom stereocenters. The molecule has 1 fully saturated rings. The van der Waals surface area contributed by atoms with Crippen molar-refractivity contribution in [3.63, 3.8) is 0 Å². The minimum absolute atomic E-state index is 0.0534. The van der Waals surface area contributed by atoms with Crippen molar-refractivity contribution in [1.29, 1.82) is 0 Å². The maximum atomic E-state index is 13.8. The molecule has 0 N–H and O–H groups in total.